The van der Waals surface area contributed by atoms with Crippen LogP contribution in [0.5, 0.6) is 11.5 Å². The van der Waals surface area contributed by atoms with E-state index in [1.807, 2.05) is 24.0 Å². The number of hydrogen-bond acceptors (Lipinski definition) is 4. The lowest BCUT2D eigenvalue weighted by atomic mass is 9.98. The predicted octanol–water partition coefficient (Wildman–Crippen LogP) is 2.43. The van der Waals surface area contributed by atoms with Crippen LogP contribution >= 0.6 is 0 Å². The molecule has 0 bridgehead atoms. The van der Waals surface area contributed by atoms with Crippen molar-refractivity contribution >= 4 is 0 Å². The molecule has 0 amide bonds. The van der Waals surface area contributed by atoms with E-state index >= 15 is 0 Å². The summed E-state index contributed by atoms with van der Waals surface area (Å²) in [5.41, 5.74) is 2.57. The SMILES string of the molecule is COc1cc(OC)cc([C@@H]2CCN(Cc3cnn(C)c3)C2)c1. The molecule has 3 rings (SSSR count). The molecule has 1 saturated heterocycles. The smallest absolute Gasteiger partial charge is 0.122 e. The Bertz CT molecular complexity index is 616. The number of likely N-dealkylation sites (tertiary alicyclic amines) is 1. The molecule has 1 aliphatic heterocycles. The van der Waals surface area contributed by atoms with Gasteiger partial charge in [0.25, 0.3) is 0 Å². The Balaban J connectivity index is 1.69. The molecule has 2 heterocycles. The number of rotatable bonds is 5. The molecule has 0 aliphatic carbocycles. The van der Waals surface area contributed by atoms with Crippen molar-refractivity contribution in [2.45, 2.75) is 18.9 Å². The molecule has 22 heavy (non-hydrogen) atoms. The van der Waals surface area contributed by atoms with Gasteiger partial charge in [-0.15, -0.1) is 0 Å². The summed E-state index contributed by atoms with van der Waals surface area (Å²) in [4.78, 5) is 2.48. The number of nitrogens with zero attached hydrogens (tertiary/aromatic N) is 3. The number of benzene rings is 1. The standard InChI is InChI=1S/C17H23N3O2/c1-19-10-13(9-18-19)11-20-5-4-14(12-20)15-6-16(21-2)8-17(7-15)22-3/h6-10,14H,4-5,11-12H2,1-3H3/t14-/m1/s1. The van der Waals surface area contributed by atoms with Crippen molar-refractivity contribution in [3.8, 4) is 11.5 Å². The quantitative estimate of drug-likeness (QED) is 0.850. The molecule has 5 nitrogen and oxygen atoms in total. The summed E-state index contributed by atoms with van der Waals surface area (Å²) in [6.45, 7) is 3.13. The van der Waals surface area contributed by atoms with Crippen LogP contribution in [0.25, 0.3) is 0 Å². The Kier molecular flexibility index (Phi) is 4.34. The van der Waals surface area contributed by atoms with E-state index in [9.17, 15) is 0 Å². The summed E-state index contributed by atoms with van der Waals surface area (Å²) in [6, 6.07) is 6.17. The van der Waals surface area contributed by atoms with E-state index in [0.29, 0.717) is 5.92 Å². The van der Waals surface area contributed by atoms with Gasteiger partial charge < -0.3 is 9.47 Å². The number of hydrogen-bond donors (Lipinski definition) is 0. The number of ether oxygens (including phenoxy) is 2. The van der Waals surface area contributed by atoms with Crippen LogP contribution in [0.3, 0.4) is 0 Å². The minimum Gasteiger partial charge on any atom is -0.497 e. The first-order chi connectivity index (χ1) is 10.7. The zero-order chi connectivity index (χ0) is 15.5. The lowest BCUT2D eigenvalue weighted by molar-refractivity contribution is 0.326. The fraction of sp³-hybridized carbons (Fsp3) is 0.471. The second-order valence-electron chi connectivity index (χ2n) is 5.89. The summed E-state index contributed by atoms with van der Waals surface area (Å²) in [6.07, 6.45) is 5.19. The molecule has 1 atom stereocenters. The maximum Gasteiger partial charge on any atom is 0.122 e. The van der Waals surface area contributed by atoms with Gasteiger partial charge in [0, 0.05) is 38.0 Å². The monoisotopic (exact) mass is 301 g/mol. The molecule has 0 saturated carbocycles. The van der Waals surface area contributed by atoms with Crippen molar-refractivity contribution in [2.75, 3.05) is 27.3 Å². The predicted molar refractivity (Wildman–Crippen MR) is 85.4 cm³/mol. The molecule has 118 valence electrons. The summed E-state index contributed by atoms with van der Waals surface area (Å²) >= 11 is 0. The van der Waals surface area contributed by atoms with Crippen molar-refractivity contribution in [1.82, 2.24) is 14.7 Å². The molecule has 0 N–H and O–H groups in total. The Morgan fingerprint density at radius 1 is 1.18 bits per heavy atom. The summed E-state index contributed by atoms with van der Waals surface area (Å²) in [5.74, 6) is 2.25. The van der Waals surface area contributed by atoms with E-state index in [-0.39, 0.29) is 0 Å². The lowest BCUT2D eigenvalue weighted by Gasteiger charge is -2.16. The van der Waals surface area contributed by atoms with Gasteiger partial charge in [0.2, 0.25) is 0 Å². The van der Waals surface area contributed by atoms with Crippen molar-refractivity contribution in [3.05, 3.63) is 41.7 Å². The van der Waals surface area contributed by atoms with Gasteiger partial charge in [-0.25, -0.2) is 0 Å². The van der Waals surface area contributed by atoms with Gasteiger partial charge in [-0.2, -0.15) is 5.10 Å². The van der Waals surface area contributed by atoms with Crippen LogP contribution in [-0.4, -0.2) is 42.0 Å². The topological polar surface area (TPSA) is 39.5 Å². The maximum absolute atomic E-state index is 5.38. The molecular weight excluding hydrogens is 278 g/mol. The zero-order valence-corrected chi connectivity index (χ0v) is 13.5. The Morgan fingerprint density at radius 3 is 2.50 bits per heavy atom. The molecule has 1 aromatic heterocycles. The van der Waals surface area contributed by atoms with Crippen molar-refractivity contribution in [3.63, 3.8) is 0 Å². The van der Waals surface area contributed by atoms with Crippen molar-refractivity contribution in [2.24, 2.45) is 7.05 Å². The Labute approximate surface area is 131 Å². The van der Waals surface area contributed by atoms with E-state index in [4.69, 9.17) is 9.47 Å². The fourth-order valence-corrected chi connectivity index (χ4v) is 3.13. The first kappa shape index (κ1) is 14.9. The summed E-state index contributed by atoms with van der Waals surface area (Å²) < 4.78 is 12.6. The van der Waals surface area contributed by atoms with E-state index in [1.165, 1.54) is 11.1 Å². The van der Waals surface area contributed by atoms with Crippen molar-refractivity contribution in [1.29, 1.82) is 0 Å². The normalized spacial score (nSPS) is 18.6. The second-order valence-corrected chi connectivity index (χ2v) is 5.89. The molecule has 0 radical (unpaired) electrons. The summed E-state index contributed by atoms with van der Waals surface area (Å²) in [5, 5.41) is 4.24. The zero-order valence-electron chi connectivity index (χ0n) is 13.5. The Hall–Kier alpha value is -2.01. The van der Waals surface area contributed by atoms with Crippen LogP contribution in [0.1, 0.15) is 23.5 Å². The minimum atomic E-state index is 0.528. The largest absolute Gasteiger partial charge is 0.497 e. The fourth-order valence-electron chi connectivity index (χ4n) is 3.13. The lowest BCUT2D eigenvalue weighted by Crippen LogP contribution is -2.19. The van der Waals surface area contributed by atoms with Crippen LogP contribution < -0.4 is 9.47 Å². The van der Waals surface area contributed by atoms with Gasteiger partial charge in [-0.05, 0) is 36.6 Å². The third-order valence-corrected chi connectivity index (χ3v) is 4.28. The van der Waals surface area contributed by atoms with Gasteiger partial charge in [-0.3, -0.25) is 9.58 Å². The van der Waals surface area contributed by atoms with Crippen LogP contribution in [0.2, 0.25) is 0 Å². The van der Waals surface area contributed by atoms with E-state index in [0.717, 1.165) is 37.6 Å². The van der Waals surface area contributed by atoms with E-state index in [1.54, 1.807) is 14.2 Å². The summed E-state index contributed by atoms with van der Waals surface area (Å²) in [7, 11) is 5.35. The van der Waals surface area contributed by atoms with Gasteiger partial charge in [0.1, 0.15) is 11.5 Å². The molecule has 0 spiro atoms. The van der Waals surface area contributed by atoms with Gasteiger partial charge in [0.15, 0.2) is 0 Å². The van der Waals surface area contributed by atoms with Crippen LogP contribution in [0.4, 0.5) is 0 Å². The highest BCUT2D eigenvalue weighted by atomic mass is 16.5. The molecular formula is C17H23N3O2. The third-order valence-electron chi connectivity index (χ3n) is 4.28. The molecule has 1 aliphatic rings. The molecule has 5 heteroatoms. The van der Waals surface area contributed by atoms with E-state index in [2.05, 4.69) is 28.3 Å². The van der Waals surface area contributed by atoms with Gasteiger partial charge >= 0.3 is 0 Å². The van der Waals surface area contributed by atoms with Crippen LogP contribution in [0, 0.1) is 0 Å². The van der Waals surface area contributed by atoms with Crippen molar-refractivity contribution < 1.29 is 9.47 Å². The van der Waals surface area contributed by atoms with Gasteiger partial charge in [-0.1, -0.05) is 0 Å². The number of methoxy groups -OCH3 is 2. The minimum absolute atomic E-state index is 0.528. The second kappa shape index (κ2) is 6.40. The van der Waals surface area contributed by atoms with Crippen LogP contribution in [-0.2, 0) is 13.6 Å². The highest BCUT2D eigenvalue weighted by molar-refractivity contribution is 5.40. The van der Waals surface area contributed by atoms with Gasteiger partial charge in [0.05, 0.1) is 20.4 Å². The molecule has 1 fully saturated rings. The maximum atomic E-state index is 5.38. The average Bonchev–Trinajstić information content (AvgIpc) is 3.16. The molecule has 0 unspecified atom stereocenters. The highest BCUT2D eigenvalue weighted by Gasteiger charge is 2.25. The average molecular weight is 301 g/mol. The highest BCUT2D eigenvalue weighted by Crippen LogP contribution is 2.33. The number of aromatic nitrogens is 2. The number of aryl methyl sites for hydroxylation is 1. The first-order valence-corrected chi connectivity index (χ1v) is 7.61. The Morgan fingerprint density at radius 2 is 1.91 bits per heavy atom. The molecule has 2 aromatic rings. The van der Waals surface area contributed by atoms with Crippen LogP contribution in [0.15, 0.2) is 30.6 Å². The third kappa shape index (κ3) is 3.25. The first-order valence-electron chi connectivity index (χ1n) is 7.61. The van der Waals surface area contributed by atoms with E-state index < -0.39 is 0 Å². The molecule has 1 aromatic carbocycles.